The summed E-state index contributed by atoms with van der Waals surface area (Å²) in [6.45, 7) is 4.80. The number of hydrogen-bond donors (Lipinski definition) is 0. The van der Waals surface area contributed by atoms with Gasteiger partial charge in [0.2, 0.25) is 0 Å². The Morgan fingerprint density at radius 1 is 1.00 bits per heavy atom. The molecule has 4 rings (SSSR count). The van der Waals surface area contributed by atoms with Crippen LogP contribution in [-0.2, 0) is 0 Å². The van der Waals surface area contributed by atoms with Crippen LogP contribution in [0.15, 0.2) is 83.5 Å². The van der Waals surface area contributed by atoms with Crippen LogP contribution in [0, 0.1) is 10.8 Å². The first-order valence-corrected chi connectivity index (χ1v) is 7.68. The third-order valence-corrected chi connectivity index (χ3v) is 5.58. The zero-order valence-corrected chi connectivity index (χ0v) is 12.6. The molecule has 1 saturated carbocycles. The lowest BCUT2D eigenvalue weighted by atomic mass is 9.59. The van der Waals surface area contributed by atoms with Gasteiger partial charge in [0.05, 0.1) is 0 Å². The van der Waals surface area contributed by atoms with Crippen LogP contribution in [0.1, 0.15) is 25.8 Å². The van der Waals surface area contributed by atoms with E-state index in [-0.39, 0.29) is 10.8 Å². The van der Waals surface area contributed by atoms with Crippen molar-refractivity contribution in [1.29, 1.82) is 0 Å². The van der Waals surface area contributed by atoms with E-state index in [1.165, 1.54) is 22.3 Å². The van der Waals surface area contributed by atoms with Gasteiger partial charge in [-0.05, 0) is 28.7 Å². The first kappa shape index (κ1) is 12.6. The van der Waals surface area contributed by atoms with Crippen LogP contribution in [0.25, 0.3) is 6.08 Å². The summed E-state index contributed by atoms with van der Waals surface area (Å²) in [5.41, 5.74) is 6.02. The second-order valence-corrected chi connectivity index (χ2v) is 6.72. The molecule has 3 aliphatic rings. The van der Waals surface area contributed by atoms with E-state index in [1.807, 2.05) is 0 Å². The van der Waals surface area contributed by atoms with E-state index in [1.54, 1.807) is 0 Å². The van der Waals surface area contributed by atoms with E-state index >= 15 is 0 Å². The van der Waals surface area contributed by atoms with E-state index < -0.39 is 0 Å². The molecule has 0 aromatic heterocycles. The summed E-state index contributed by atoms with van der Waals surface area (Å²) >= 11 is 0. The second-order valence-electron chi connectivity index (χ2n) is 6.72. The maximum absolute atomic E-state index is 2.41. The lowest BCUT2D eigenvalue weighted by molar-refractivity contribution is 0.252. The highest BCUT2D eigenvalue weighted by atomic mass is 14.6. The molecular weight excluding hydrogens is 252 g/mol. The molecule has 1 aromatic rings. The largest absolute Gasteiger partial charge is 0.0770 e. The van der Waals surface area contributed by atoms with Gasteiger partial charge in [0.1, 0.15) is 0 Å². The van der Waals surface area contributed by atoms with Crippen molar-refractivity contribution < 1.29 is 0 Å². The standard InChI is InChI=1S/C21H20/c1-20-13-7-11-18-10-6-12-19(21(18,20)2)17(15-20)14-16-8-4-3-5-9-16/h3-14H,15H2,1-2H3. The third kappa shape index (κ3) is 1.62. The number of benzene rings is 1. The monoisotopic (exact) mass is 272 g/mol. The first-order valence-electron chi connectivity index (χ1n) is 7.68. The van der Waals surface area contributed by atoms with Gasteiger partial charge < -0.3 is 0 Å². The van der Waals surface area contributed by atoms with Crippen LogP contribution < -0.4 is 0 Å². The first-order chi connectivity index (χ1) is 10.1. The fourth-order valence-corrected chi connectivity index (χ4v) is 4.16. The average molecular weight is 272 g/mol. The maximum atomic E-state index is 2.41. The molecule has 0 heterocycles. The molecule has 0 heteroatoms. The van der Waals surface area contributed by atoms with Gasteiger partial charge in [0.15, 0.2) is 0 Å². The highest BCUT2D eigenvalue weighted by molar-refractivity contribution is 5.68. The van der Waals surface area contributed by atoms with E-state index in [0.717, 1.165) is 6.42 Å². The van der Waals surface area contributed by atoms with Crippen LogP contribution in [0.3, 0.4) is 0 Å². The van der Waals surface area contributed by atoms with E-state index in [9.17, 15) is 0 Å². The van der Waals surface area contributed by atoms with Gasteiger partial charge in [-0.25, -0.2) is 0 Å². The Labute approximate surface area is 126 Å². The normalized spacial score (nSPS) is 34.7. The van der Waals surface area contributed by atoms with Crippen LogP contribution in [0.2, 0.25) is 0 Å². The third-order valence-electron chi connectivity index (χ3n) is 5.58. The Balaban J connectivity index is 1.89. The predicted molar refractivity (Wildman–Crippen MR) is 89.7 cm³/mol. The highest BCUT2D eigenvalue weighted by Crippen LogP contribution is 2.65. The Hall–Kier alpha value is -2.08. The molecule has 3 aliphatic carbocycles. The predicted octanol–water partition coefficient (Wildman–Crippen LogP) is 5.48. The molecule has 0 N–H and O–H groups in total. The van der Waals surface area contributed by atoms with Gasteiger partial charge >= 0.3 is 0 Å². The molecule has 0 nitrogen and oxygen atoms in total. The van der Waals surface area contributed by atoms with Crippen LogP contribution >= 0.6 is 0 Å². The summed E-state index contributed by atoms with van der Waals surface area (Å²) in [5.74, 6) is 0. The fourth-order valence-electron chi connectivity index (χ4n) is 4.16. The SMILES string of the molecule is CC12C=CC=C3C=CC=C(C(=Cc4ccccc4)C1)C32C. The summed E-state index contributed by atoms with van der Waals surface area (Å²) in [7, 11) is 0. The van der Waals surface area contributed by atoms with Crippen molar-refractivity contribution in [2.24, 2.45) is 10.8 Å². The lowest BCUT2D eigenvalue weighted by Gasteiger charge is -2.44. The van der Waals surface area contributed by atoms with E-state index in [2.05, 4.69) is 86.7 Å². The van der Waals surface area contributed by atoms with Crippen molar-refractivity contribution in [3.63, 3.8) is 0 Å². The summed E-state index contributed by atoms with van der Waals surface area (Å²) in [5, 5.41) is 0. The van der Waals surface area contributed by atoms with Crippen LogP contribution in [-0.4, -0.2) is 0 Å². The number of rotatable bonds is 1. The van der Waals surface area contributed by atoms with Crippen LogP contribution in [0.4, 0.5) is 0 Å². The van der Waals surface area contributed by atoms with Gasteiger partial charge in [-0.1, -0.05) is 86.7 Å². The molecule has 1 aromatic carbocycles. The van der Waals surface area contributed by atoms with Crippen molar-refractivity contribution in [2.75, 3.05) is 0 Å². The van der Waals surface area contributed by atoms with Gasteiger partial charge in [-0.2, -0.15) is 0 Å². The maximum Gasteiger partial charge on any atom is 0.0268 e. The van der Waals surface area contributed by atoms with E-state index in [0.29, 0.717) is 0 Å². The molecule has 1 fully saturated rings. The molecular formula is C21H20. The molecule has 0 spiro atoms. The minimum absolute atomic E-state index is 0.122. The van der Waals surface area contributed by atoms with Gasteiger partial charge in [0.25, 0.3) is 0 Å². The van der Waals surface area contributed by atoms with Crippen molar-refractivity contribution in [1.82, 2.24) is 0 Å². The number of allylic oxidation sites excluding steroid dienone is 9. The van der Waals surface area contributed by atoms with Crippen molar-refractivity contribution in [3.8, 4) is 0 Å². The van der Waals surface area contributed by atoms with Crippen molar-refractivity contribution in [2.45, 2.75) is 20.3 Å². The lowest BCUT2D eigenvalue weighted by Crippen LogP contribution is -2.35. The Bertz CT molecular complexity index is 740. The van der Waals surface area contributed by atoms with Gasteiger partial charge in [-0.3, -0.25) is 0 Å². The Kier molecular flexibility index (Phi) is 2.53. The van der Waals surface area contributed by atoms with Gasteiger partial charge in [-0.15, -0.1) is 0 Å². The molecule has 2 unspecified atom stereocenters. The summed E-state index contributed by atoms with van der Waals surface area (Å²) in [6.07, 6.45) is 17.2. The fraction of sp³-hybridized carbons (Fsp3) is 0.238. The molecule has 2 atom stereocenters. The quantitative estimate of drug-likeness (QED) is 0.635. The summed E-state index contributed by atoms with van der Waals surface area (Å²) in [4.78, 5) is 0. The molecule has 104 valence electrons. The van der Waals surface area contributed by atoms with Crippen molar-refractivity contribution >= 4 is 6.08 Å². The van der Waals surface area contributed by atoms with Crippen LogP contribution in [0.5, 0.6) is 0 Å². The summed E-state index contributed by atoms with van der Waals surface area (Å²) < 4.78 is 0. The van der Waals surface area contributed by atoms with Crippen molar-refractivity contribution in [3.05, 3.63) is 89.1 Å². The minimum atomic E-state index is 0.122. The Morgan fingerprint density at radius 3 is 2.62 bits per heavy atom. The topological polar surface area (TPSA) is 0 Å². The smallest absolute Gasteiger partial charge is 0.0268 e. The minimum Gasteiger partial charge on any atom is -0.0770 e. The molecule has 0 bridgehead atoms. The average Bonchev–Trinajstić information content (AvgIpc) is 2.70. The van der Waals surface area contributed by atoms with Gasteiger partial charge in [0, 0.05) is 10.8 Å². The zero-order valence-electron chi connectivity index (χ0n) is 12.6. The Morgan fingerprint density at radius 2 is 1.81 bits per heavy atom. The molecule has 0 saturated heterocycles. The molecule has 0 aliphatic heterocycles. The number of hydrogen-bond acceptors (Lipinski definition) is 0. The zero-order chi connectivity index (χ0) is 14.5. The van der Waals surface area contributed by atoms with E-state index in [4.69, 9.17) is 0 Å². The highest BCUT2D eigenvalue weighted by Gasteiger charge is 2.55. The summed E-state index contributed by atoms with van der Waals surface area (Å²) in [6, 6.07) is 10.7. The molecule has 21 heavy (non-hydrogen) atoms. The molecule has 0 radical (unpaired) electrons. The molecule has 0 amide bonds. The second kappa shape index (κ2) is 4.21.